The number of halogens is 2. The summed E-state index contributed by atoms with van der Waals surface area (Å²) in [4.78, 5) is 41.5. The van der Waals surface area contributed by atoms with E-state index in [9.17, 15) is 19.7 Å². The number of amides is 1. The second-order valence-electron chi connectivity index (χ2n) is 9.54. The fraction of sp³-hybridized carbons (Fsp3) is 0.259. The maximum Gasteiger partial charge on any atom is 0.269 e. The van der Waals surface area contributed by atoms with Gasteiger partial charge in [0.1, 0.15) is 5.54 Å². The lowest BCUT2D eigenvalue weighted by molar-refractivity contribution is -0.384. The minimum atomic E-state index is -1.17. The van der Waals surface area contributed by atoms with Gasteiger partial charge in [0.15, 0.2) is 5.78 Å². The predicted molar refractivity (Wildman–Crippen MR) is 142 cm³/mol. The number of hydrogen-bond acceptors (Lipinski definition) is 5. The van der Waals surface area contributed by atoms with Gasteiger partial charge in [-0.3, -0.25) is 24.6 Å². The van der Waals surface area contributed by atoms with Gasteiger partial charge in [0.2, 0.25) is 5.91 Å². The second kappa shape index (κ2) is 8.61. The summed E-state index contributed by atoms with van der Waals surface area (Å²) in [5, 5.41) is 14.4. The summed E-state index contributed by atoms with van der Waals surface area (Å²) in [7, 11) is 0. The number of ketones is 1. The standard InChI is InChI=1S/C27H21Br2N3O4/c28-17-7-3-16(4-8-17)25(33)24-23(15-5-10-19(11-6-15)32(35)36)22-2-1-13-31(22)27(24)20-14-18(29)9-12-21(20)30-26(27)34/h3-12,14,22-24H,1-2,13H2,(H,30,34)/t22?,23?,24?,27-/m1/s1. The zero-order valence-electron chi connectivity index (χ0n) is 19.0. The first-order valence-corrected chi connectivity index (χ1v) is 13.3. The van der Waals surface area contributed by atoms with Crippen molar-refractivity contribution in [3.63, 3.8) is 0 Å². The van der Waals surface area contributed by atoms with E-state index in [0.717, 1.165) is 32.9 Å². The Morgan fingerprint density at radius 2 is 1.72 bits per heavy atom. The number of hydrogen-bond donors (Lipinski definition) is 1. The molecule has 0 saturated carbocycles. The fourth-order valence-electron chi connectivity index (χ4n) is 6.52. The van der Waals surface area contributed by atoms with Crippen LogP contribution in [-0.2, 0) is 10.3 Å². The first-order valence-electron chi connectivity index (χ1n) is 11.7. The first-order chi connectivity index (χ1) is 17.3. The molecule has 0 aromatic heterocycles. The quantitative estimate of drug-likeness (QED) is 0.221. The highest BCUT2D eigenvalue weighted by Gasteiger charge is 2.69. The number of Topliss-reactive ketones (excluding diaryl/α,β-unsaturated/α-hetero) is 1. The topological polar surface area (TPSA) is 92.5 Å². The van der Waals surface area contributed by atoms with Crippen LogP contribution in [0.25, 0.3) is 0 Å². The maximum absolute atomic E-state index is 14.4. The van der Waals surface area contributed by atoms with E-state index in [1.807, 2.05) is 30.3 Å². The SMILES string of the molecule is O=C(c1ccc(Br)cc1)C1C(c2ccc([N+](=O)[O-])cc2)C2CCCN2[C@@]12C(=O)Nc1ccc(Br)cc12. The van der Waals surface area contributed by atoms with Crippen LogP contribution in [0.2, 0.25) is 0 Å². The molecule has 0 radical (unpaired) electrons. The largest absolute Gasteiger partial charge is 0.324 e. The minimum absolute atomic E-state index is 0.00147. The molecule has 4 atom stereocenters. The Bertz CT molecular complexity index is 1410. The molecule has 1 amide bonds. The van der Waals surface area contributed by atoms with Crippen molar-refractivity contribution in [2.45, 2.75) is 30.3 Å². The lowest BCUT2D eigenvalue weighted by Gasteiger charge is -2.37. The number of nitro groups is 1. The number of benzene rings is 3. The molecule has 0 bridgehead atoms. The van der Waals surface area contributed by atoms with Gasteiger partial charge in [-0.2, -0.15) is 0 Å². The molecule has 6 rings (SSSR count). The Morgan fingerprint density at radius 3 is 2.42 bits per heavy atom. The maximum atomic E-state index is 14.4. The van der Waals surface area contributed by atoms with Gasteiger partial charge in [0, 0.05) is 49.9 Å². The Kier molecular flexibility index (Phi) is 5.62. The molecular weight excluding hydrogens is 590 g/mol. The average molecular weight is 611 g/mol. The lowest BCUT2D eigenvalue weighted by atomic mass is 9.69. The molecule has 182 valence electrons. The van der Waals surface area contributed by atoms with E-state index in [0.29, 0.717) is 17.8 Å². The summed E-state index contributed by atoms with van der Waals surface area (Å²) in [6.07, 6.45) is 1.75. The van der Waals surface area contributed by atoms with E-state index >= 15 is 0 Å². The second-order valence-corrected chi connectivity index (χ2v) is 11.4. The van der Waals surface area contributed by atoms with Gasteiger partial charge in [-0.25, -0.2) is 0 Å². The van der Waals surface area contributed by atoms with Gasteiger partial charge in [0.05, 0.1) is 10.8 Å². The Labute approximate surface area is 224 Å². The molecule has 9 heteroatoms. The zero-order valence-corrected chi connectivity index (χ0v) is 22.2. The smallest absolute Gasteiger partial charge is 0.269 e. The number of nitro benzene ring substituents is 1. The summed E-state index contributed by atoms with van der Waals surface area (Å²) in [6, 6.07) is 19.3. The lowest BCUT2D eigenvalue weighted by Crippen LogP contribution is -2.52. The van der Waals surface area contributed by atoms with Crippen molar-refractivity contribution in [2.24, 2.45) is 5.92 Å². The van der Waals surface area contributed by atoms with Gasteiger partial charge < -0.3 is 5.32 Å². The number of nitrogens with zero attached hydrogens (tertiary/aromatic N) is 2. The normalized spacial score (nSPS) is 26.6. The van der Waals surface area contributed by atoms with Gasteiger partial charge in [0.25, 0.3) is 5.69 Å². The Hall–Kier alpha value is -2.88. The Balaban J connectivity index is 1.59. The summed E-state index contributed by atoms with van der Waals surface area (Å²) >= 11 is 7.01. The highest BCUT2D eigenvalue weighted by atomic mass is 79.9. The van der Waals surface area contributed by atoms with Gasteiger partial charge in [-0.15, -0.1) is 0 Å². The Morgan fingerprint density at radius 1 is 1.03 bits per heavy atom. The molecule has 36 heavy (non-hydrogen) atoms. The number of anilines is 1. The van der Waals surface area contributed by atoms with Crippen molar-refractivity contribution in [3.05, 3.63) is 102 Å². The number of fused-ring (bicyclic) bond motifs is 4. The van der Waals surface area contributed by atoms with Gasteiger partial charge >= 0.3 is 0 Å². The summed E-state index contributed by atoms with van der Waals surface area (Å²) in [6.45, 7) is 0.692. The first kappa shape index (κ1) is 23.5. The summed E-state index contributed by atoms with van der Waals surface area (Å²) < 4.78 is 1.70. The van der Waals surface area contributed by atoms with Gasteiger partial charge in [-0.05, 0) is 55.3 Å². The van der Waals surface area contributed by atoms with Crippen LogP contribution in [0, 0.1) is 16.0 Å². The molecule has 7 nitrogen and oxygen atoms in total. The summed E-state index contributed by atoms with van der Waals surface area (Å²) in [5.74, 6) is -1.31. The molecule has 3 aliphatic rings. The van der Waals surface area contributed by atoms with Crippen LogP contribution < -0.4 is 5.32 Å². The molecule has 3 aromatic carbocycles. The molecule has 1 spiro atoms. The van der Waals surface area contributed by atoms with Crippen LogP contribution in [0.3, 0.4) is 0 Å². The monoisotopic (exact) mass is 609 g/mol. The van der Waals surface area contributed by atoms with Gasteiger partial charge in [-0.1, -0.05) is 56.1 Å². The molecule has 0 aliphatic carbocycles. The van der Waals surface area contributed by atoms with Crippen LogP contribution in [0.1, 0.15) is 40.2 Å². The van der Waals surface area contributed by atoms with E-state index < -0.39 is 16.4 Å². The predicted octanol–water partition coefficient (Wildman–Crippen LogP) is 6.03. The van der Waals surface area contributed by atoms with E-state index in [1.54, 1.807) is 24.3 Å². The number of rotatable bonds is 4. The van der Waals surface area contributed by atoms with Crippen molar-refractivity contribution in [1.29, 1.82) is 0 Å². The van der Waals surface area contributed by atoms with Crippen molar-refractivity contribution in [1.82, 2.24) is 4.90 Å². The zero-order chi connectivity index (χ0) is 25.2. The van der Waals surface area contributed by atoms with Crippen LogP contribution >= 0.6 is 31.9 Å². The molecule has 2 saturated heterocycles. The molecule has 3 aromatic rings. The molecule has 2 fully saturated rings. The minimum Gasteiger partial charge on any atom is -0.324 e. The van der Waals surface area contributed by atoms with Crippen molar-refractivity contribution in [3.8, 4) is 0 Å². The fourth-order valence-corrected chi connectivity index (χ4v) is 7.14. The van der Waals surface area contributed by atoms with Crippen molar-refractivity contribution >= 4 is 54.9 Å². The third-order valence-corrected chi connectivity index (χ3v) is 8.88. The third kappa shape index (κ3) is 3.33. The van der Waals surface area contributed by atoms with Crippen LogP contribution in [0.15, 0.2) is 75.7 Å². The van der Waals surface area contributed by atoms with Crippen LogP contribution in [0.5, 0.6) is 0 Å². The number of non-ortho nitro benzene ring substituents is 1. The molecule has 3 heterocycles. The number of carbonyl (C=O) groups excluding carboxylic acids is 2. The summed E-state index contributed by atoms with van der Waals surface area (Å²) in [5.41, 5.74) is 1.71. The van der Waals surface area contributed by atoms with E-state index in [4.69, 9.17) is 0 Å². The molecule has 1 N–H and O–H groups in total. The van der Waals surface area contributed by atoms with Crippen molar-refractivity contribution in [2.75, 3.05) is 11.9 Å². The molecule has 3 unspecified atom stereocenters. The number of carbonyl (C=O) groups is 2. The van der Waals surface area contributed by atoms with E-state index in [2.05, 4.69) is 42.1 Å². The van der Waals surface area contributed by atoms with Crippen LogP contribution in [0.4, 0.5) is 11.4 Å². The van der Waals surface area contributed by atoms with E-state index in [1.165, 1.54) is 12.1 Å². The highest BCUT2D eigenvalue weighted by molar-refractivity contribution is 9.10. The third-order valence-electron chi connectivity index (χ3n) is 7.86. The molecule has 3 aliphatic heterocycles. The highest BCUT2D eigenvalue weighted by Crippen LogP contribution is 2.61. The van der Waals surface area contributed by atoms with Crippen LogP contribution in [-0.4, -0.2) is 34.1 Å². The average Bonchev–Trinajstić information content (AvgIpc) is 3.52. The van der Waals surface area contributed by atoms with E-state index in [-0.39, 0.29) is 29.3 Å². The number of nitrogens with one attached hydrogen (secondary N) is 1. The molecular formula is C27H21Br2N3O4. The van der Waals surface area contributed by atoms with Crippen molar-refractivity contribution < 1.29 is 14.5 Å².